The molecule has 0 saturated carbocycles. The lowest BCUT2D eigenvalue weighted by atomic mass is 9.94. The van der Waals surface area contributed by atoms with Gasteiger partial charge in [-0.1, -0.05) is 0 Å². The maximum atomic E-state index is 13.1. The Morgan fingerprint density at radius 1 is 1.30 bits per heavy atom. The van der Waals surface area contributed by atoms with Gasteiger partial charge >= 0.3 is 11.7 Å². The number of nitrogens with zero attached hydrogens (tertiary/aromatic N) is 2. The van der Waals surface area contributed by atoms with Gasteiger partial charge in [0.15, 0.2) is 0 Å². The number of aromatic nitrogens is 2. The van der Waals surface area contributed by atoms with Crippen molar-refractivity contribution in [3.8, 4) is 0 Å². The Labute approximate surface area is 160 Å². The number of ether oxygens (including phenoxy) is 2. The first kappa shape index (κ1) is 19.8. The van der Waals surface area contributed by atoms with Crippen LogP contribution in [0.1, 0.15) is 24.3 Å². The van der Waals surface area contributed by atoms with Crippen LogP contribution in [0.5, 0.6) is 0 Å². The van der Waals surface area contributed by atoms with Crippen LogP contribution in [0.2, 0.25) is 0 Å². The molecule has 1 aliphatic rings. The van der Waals surface area contributed by atoms with Crippen LogP contribution in [-0.4, -0.2) is 48.5 Å². The van der Waals surface area contributed by atoms with Gasteiger partial charge < -0.3 is 14.4 Å². The molecule has 0 fully saturated rings. The maximum Gasteiger partial charge on any atom is 0.332 e. The summed E-state index contributed by atoms with van der Waals surface area (Å²) in [5.74, 6) is -0.619. The van der Waals surface area contributed by atoms with E-state index in [2.05, 4.69) is 4.74 Å². The Bertz CT molecular complexity index is 999. The molecule has 1 aliphatic heterocycles. The Morgan fingerprint density at radius 2 is 2.00 bits per heavy atom. The normalized spacial score (nSPS) is 15.9. The number of hydrogen-bond acceptors (Lipinski definition) is 6. The first-order valence-electron chi connectivity index (χ1n) is 8.92. The molecular weight excluding hydrogens is 370 g/mol. The molecule has 9 heteroatoms. The van der Waals surface area contributed by atoms with Gasteiger partial charge in [-0.3, -0.25) is 14.2 Å². The smallest absolute Gasteiger partial charge is 0.332 e. The molecule has 0 radical (unpaired) electrons. The fourth-order valence-electron chi connectivity index (χ4n) is 3.27. The average Bonchev–Trinajstić information content (AvgIpc) is 2.95. The molecule has 1 N–H and O–H groups in total. The molecule has 0 bridgehead atoms. The standard InChI is InChI=1S/C18H25N3O5S/c1-18(2)8-11-12(10-26-18)27-16-14(11)15(23)21(9-13(22)25-5)17(24)20(16)7-6-19(3)4/h6-10H2,1-5H3/p+1. The summed E-state index contributed by atoms with van der Waals surface area (Å²) < 4.78 is 13.2. The van der Waals surface area contributed by atoms with E-state index in [9.17, 15) is 14.4 Å². The molecular formula is C18H26N3O5S+. The number of hydrogen-bond donors (Lipinski definition) is 1. The quantitative estimate of drug-likeness (QED) is 0.682. The zero-order valence-corrected chi connectivity index (χ0v) is 17.2. The fraction of sp³-hybridized carbons (Fsp3) is 0.611. The highest BCUT2D eigenvalue weighted by Gasteiger charge is 2.32. The number of rotatable bonds is 5. The summed E-state index contributed by atoms with van der Waals surface area (Å²) in [5.41, 5.74) is -0.349. The highest BCUT2D eigenvalue weighted by molar-refractivity contribution is 7.18. The summed E-state index contributed by atoms with van der Waals surface area (Å²) in [6, 6.07) is 0. The zero-order valence-electron chi connectivity index (χ0n) is 16.4. The predicted octanol–water partition coefficient (Wildman–Crippen LogP) is -0.606. The minimum atomic E-state index is -0.619. The fourth-order valence-corrected chi connectivity index (χ4v) is 4.51. The third-order valence-corrected chi connectivity index (χ3v) is 6.01. The summed E-state index contributed by atoms with van der Waals surface area (Å²) in [6.45, 7) is 5.18. The van der Waals surface area contributed by atoms with Crippen molar-refractivity contribution >= 4 is 27.5 Å². The molecule has 0 saturated heterocycles. The molecule has 8 nitrogen and oxygen atoms in total. The molecule has 148 valence electrons. The van der Waals surface area contributed by atoms with Crippen LogP contribution >= 0.6 is 11.3 Å². The van der Waals surface area contributed by atoms with E-state index >= 15 is 0 Å². The van der Waals surface area contributed by atoms with Gasteiger partial charge in [0, 0.05) is 11.3 Å². The third-order valence-electron chi connectivity index (χ3n) is 4.78. The van der Waals surface area contributed by atoms with Crippen molar-refractivity contribution < 1.29 is 19.2 Å². The molecule has 0 spiro atoms. The first-order valence-corrected chi connectivity index (χ1v) is 9.74. The number of quaternary nitrogens is 1. The highest BCUT2D eigenvalue weighted by atomic mass is 32.1. The monoisotopic (exact) mass is 396 g/mol. The molecule has 0 amide bonds. The number of fused-ring (bicyclic) bond motifs is 3. The first-order chi connectivity index (χ1) is 12.6. The van der Waals surface area contributed by atoms with Crippen LogP contribution in [-0.2, 0) is 40.4 Å². The van der Waals surface area contributed by atoms with Crippen molar-refractivity contribution in [2.45, 2.75) is 45.6 Å². The van der Waals surface area contributed by atoms with E-state index in [0.29, 0.717) is 29.8 Å². The molecule has 0 aliphatic carbocycles. The van der Waals surface area contributed by atoms with Crippen molar-refractivity contribution in [2.75, 3.05) is 27.7 Å². The van der Waals surface area contributed by atoms with Crippen LogP contribution in [0.3, 0.4) is 0 Å². The highest BCUT2D eigenvalue weighted by Crippen LogP contribution is 2.37. The average molecular weight is 396 g/mol. The summed E-state index contributed by atoms with van der Waals surface area (Å²) in [6.07, 6.45) is 0.590. The molecule has 0 unspecified atom stereocenters. The SMILES string of the molecule is COC(=O)Cn1c(=O)c2c3c(sc2n(CC[NH+](C)C)c1=O)COC(C)(C)C3. The number of likely N-dealkylation sites (N-methyl/N-ethyl adjacent to an activating group) is 1. The Kier molecular flexibility index (Phi) is 5.29. The summed E-state index contributed by atoms with van der Waals surface area (Å²) in [4.78, 5) is 40.7. The molecule has 2 aromatic rings. The Balaban J connectivity index is 2.28. The summed E-state index contributed by atoms with van der Waals surface area (Å²) in [7, 11) is 5.25. The van der Waals surface area contributed by atoms with Crippen molar-refractivity contribution in [3.63, 3.8) is 0 Å². The number of nitrogens with one attached hydrogen (secondary N) is 1. The largest absolute Gasteiger partial charge is 0.468 e. The summed E-state index contributed by atoms with van der Waals surface area (Å²) in [5, 5.41) is 0.531. The Hall–Kier alpha value is -1.97. The van der Waals surface area contributed by atoms with E-state index < -0.39 is 17.2 Å². The van der Waals surface area contributed by atoms with Crippen molar-refractivity contribution in [2.24, 2.45) is 0 Å². The van der Waals surface area contributed by atoms with E-state index in [4.69, 9.17) is 4.74 Å². The molecule has 27 heavy (non-hydrogen) atoms. The topological polar surface area (TPSA) is 84.0 Å². The van der Waals surface area contributed by atoms with Gasteiger partial charge in [-0.05, 0) is 19.4 Å². The van der Waals surface area contributed by atoms with Gasteiger partial charge in [0.1, 0.15) is 11.4 Å². The number of thiophene rings is 1. The maximum absolute atomic E-state index is 13.1. The van der Waals surface area contributed by atoms with E-state index in [-0.39, 0.29) is 12.1 Å². The van der Waals surface area contributed by atoms with E-state index in [1.807, 2.05) is 27.9 Å². The molecule has 3 rings (SSSR count). The molecule has 2 aromatic heterocycles. The summed E-state index contributed by atoms with van der Waals surface area (Å²) >= 11 is 1.44. The number of methoxy groups -OCH3 is 1. The van der Waals surface area contributed by atoms with Crippen LogP contribution in [0.25, 0.3) is 10.2 Å². The zero-order chi connectivity index (χ0) is 19.9. The van der Waals surface area contributed by atoms with Crippen molar-refractivity contribution in [3.05, 3.63) is 31.3 Å². The minimum Gasteiger partial charge on any atom is -0.468 e. The molecule has 0 aromatic carbocycles. The van der Waals surface area contributed by atoms with E-state index in [1.54, 1.807) is 4.57 Å². The lowest BCUT2D eigenvalue weighted by Crippen LogP contribution is -3.06. The number of carbonyl (C=O) groups excluding carboxylic acids is 1. The molecule has 3 heterocycles. The number of esters is 1. The van der Waals surface area contributed by atoms with Gasteiger partial charge in [0.2, 0.25) is 0 Å². The number of carbonyl (C=O) groups is 1. The third kappa shape index (κ3) is 3.71. The molecule has 0 atom stereocenters. The van der Waals surface area contributed by atoms with Gasteiger partial charge in [-0.15, -0.1) is 11.3 Å². The van der Waals surface area contributed by atoms with Gasteiger partial charge in [-0.2, -0.15) is 0 Å². The van der Waals surface area contributed by atoms with Crippen molar-refractivity contribution in [1.29, 1.82) is 0 Å². The van der Waals surface area contributed by atoms with E-state index in [0.717, 1.165) is 21.6 Å². The lowest BCUT2D eigenvalue weighted by molar-refractivity contribution is -0.858. The minimum absolute atomic E-state index is 0.380. The van der Waals surface area contributed by atoms with Crippen LogP contribution < -0.4 is 16.1 Å². The van der Waals surface area contributed by atoms with Crippen LogP contribution in [0.15, 0.2) is 9.59 Å². The van der Waals surface area contributed by atoms with Gasteiger partial charge in [0.25, 0.3) is 5.56 Å². The van der Waals surface area contributed by atoms with Gasteiger partial charge in [0.05, 0.1) is 51.9 Å². The second-order valence-corrected chi connectivity index (χ2v) is 8.85. The van der Waals surface area contributed by atoms with Crippen molar-refractivity contribution in [1.82, 2.24) is 9.13 Å². The lowest BCUT2D eigenvalue weighted by Gasteiger charge is -2.29. The van der Waals surface area contributed by atoms with E-state index in [1.165, 1.54) is 23.3 Å². The predicted molar refractivity (Wildman–Crippen MR) is 103 cm³/mol. The van der Waals surface area contributed by atoms with Crippen LogP contribution in [0, 0.1) is 0 Å². The second-order valence-electron chi connectivity index (χ2n) is 7.77. The van der Waals surface area contributed by atoms with Gasteiger partial charge in [-0.25, -0.2) is 9.36 Å². The van der Waals surface area contributed by atoms with Crippen LogP contribution in [0.4, 0.5) is 0 Å². The second kappa shape index (κ2) is 7.21. The Morgan fingerprint density at radius 3 is 2.63 bits per heavy atom.